The maximum atomic E-state index is 12.0. The van der Waals surface area contributed by atoms with Gasteiger partial charge < -0.3 is 14.8 Å². The minimum atomic E-state index is -1.28. The molecule has 0 radical (unpaired) electrons. The molecule has 2 atom stereocenters. The highest BCUT2D eigenvalue weighted by Crippen LogP contribution is 2.18. The quantitative estimate of drug-likeness (QED) is 0.478. The van der Waals surface area contributed by atoms with Crippen LogP contribution in [0.1, 0.15) is 17.5 Å². The molecule has 2 aromatic rings. The third-order valence-electron chi connectivity index (χ3n) is 2.81. The van der Waals surface area contributed by atoms with Crippen LogP contribution in [0.15, 0.2) is 34.7 Å². The number of aliphatic hydroxyl groups is 1. The van der Waals surface area contributed by atoms with Crippen molar-refractivity contribution in [2.45, 2.75) is 19.1 Å². The van der Waals surface area contributed by atoms with E-state index in [0.717, 1.165) is 5.39 Å². The lowest BCUT2D eigenvalue weighted by atomic mass is 10.1. The Hall–Kier alpha value is -2.38. The minimum Gasteiger partial charge on any atom is -0.451 e. The van der Waals surface area contributed by atoms with Crippen LogP contribution in [-0.4, -0.2) is 34.3 Å². The van der Waals surface area contributed by atoms with Gasteiger partial charge in [0.2, 0.25) is 0 Å². The fraction of sp³-hybridized carbons (Fsp3) is 0.231. The number of furan rings is 1. The monoisotopic (exact) mass is 278 g/mol. The van der Waals surface area contributed by atoms with Crippen molar-refractivity contribution in [3.63, 3.8) is 0 Å². The number of para-hydroxylation sites is 1. The van der Waals surface area contributed by atoms with Gasteiger partial charge in [-0.3, -0.25) is 14.8 Å². The Morgan fingerprint density at radius 1 is 1.30 bits per heavy atom. The first-order chi connectivity index (χ1) is 9.52. The Kier molecular flexibility index (Phi) is 4.02. The van der Waals surface area contributed by atoms with Gasteiger partial charge in [0, 0.05) is 5.39 Å². The van der Waals surface area contributed by atoms with Crippen LogP contribution in [0.3, 0.4) is 0 Å². The van der Waals surface area contributed by atoms with Crippen LogP contribution in [0, 0.1) is 0 Å². The Balaban J connectivity index is 2.20. The van der Waals surface area contributed by atoms with Gasteiger partial charge in [-0.05, 0) is 19.1 Å². The lowest BCUT2D eigenvalue weighted by Crippen LogP contribution is -2.51. The number of carbonyl (C=O) groups excluding carboxylic acids is 2. The van der Waals surface area contributed by atoms with Crippen molar-refractivity contribution in [1.82, 2.24) is 10.8 Å². The summed E-state index contributed by atoms with van der Waals surface area (Å²) >= 11 is 0. The van der Waals surface area contributed by atoms with E-state index in [4.69, 9.17) is 9.62 Å². The molecule has 0 bridgehead atoms. The van der Waals surface area contributed by atoms with Crippen molar-refractivity contribution in [1.29, 1.82) is 0 Å². The zero-order valence-corrected chi connectivity index (χ0v) is 10.7. The number of carbonyl (C=O) groups is 2. The maximum absolute atomic E-state index is 12.0. The summed E-state index contributed by atoms with van der Waals surface area (Å²) in [4.78, 5) is 23.3. The van der Waals surface area contributed by atoms with Crippen LogP contribution < -0.4 is 10.8 Å². The molecule has 7 heteroatoms. The molecule has 2 rings (SSSR count). The number of fused-ring (bicyclic) bond motifs is 1. The summed E-state index contributed by atoms with van der Waals surface area (Å²) < 4.78 is 5.34. The van der Waals surface area contributed by atoms with Crippen molar-refractivity contribution in [3.05, 3.63) is 36.1 Å². The second-order valence-electron chi connectivity index (χ2n) is 4.32. The first kappa shape index (κ1) is 14.0. The van der Waals surface area contributed by atoms with Gasteiger partial charge in [0.15, 0.2) is 5.76 Å². The third kappa shape index (κ3) is 2.79. The molecular weight excluding hydrogens is 264 g/mol. The number of benzene rings is 1. The van der Waals surface area contributed by atoms with E-state index in [1.54, 1.807) is 24.3 Å². The second kappa shape index (κ2) is 5.72. The number of aliphatic hydroxyl groups excluding tert-OH is 1. The van der Waals surface area contributed by atoms with Gasteiger partial charge in [-0.25, -0.2) is 5.48 Å². The summed E-state index contributed by atoms with van der Waals surface area (Å²) in [7, 11) is 0. The number of hydroxylamine groups is 1. The van der Waals surface area contributed by atoms with Gasteiger partial charge in [-0.15, -0.1) is 0 Å². The van der Waals surface area contributed by atoms with Gasteiger partial charge in [0.25, 0.3) is 11.8 Å². The van der Waals surface area contributed by atoms with E-state index in [2.05, 4.69) is 5.32 Å². The zero-order valence-electron chi connectivity index (χ0n) is 10.7. The van der Waals surface area contributed by atoms with Gasteiger partial charge in [0.05, 0.1) is 6.10 Å². The highest BCUT2D eigenvalue weighted by atomic mass is 16.5. The number of hydrogen-bond donors (Lipinski definition) is 4. The van der Waals surface area contributed by atoms with E-state index in [0.29, 0.717) is 5.58 Å². The molecule has 2 unspecified atom stereocenters. The normalized spacial score (nSPS) is 13.8. The van der Waals surface area contributed by atoms with Crippen LogP contribution >= 0.6 is 0 Å². The maximum Gasteiger partial charge on any atom is 0.287 e. The van der Waals surface area contributed by atoms with E-state index >= 15 is 0 Å². The Morgan fingerprint density at radius 2 is 2.00 bits per heavy atom. The molecule has 0 spiro atoms. The molecule has 106 valence electrons. The molecule has 0 aliphatic rings. The van der Waals surface area contributed by atoms with Crippen molar-refractivity contribution in [2.24, 2.45) is 0 Å². The second-order valence-corrected chi connectivity index (χ2v) is 4.32. The standard InChI is InChI=1S/C13H14N2O5/c1-7(16)11(13(18)15-19)14-12(17)10-6-8-4-2-3-5-9(8)20-10/h2-7,11,16,19H,1H3,(H,14,17)(H,15,18). The number of rotatable bonds is 4. The van der Waals surface area contributed by atoms with Crippen LogP contribution in [0.2, 0.25) is 0 Å². The third-order valence-corrected chi connectivity index (χ3v) is 2.81. The highest BCUT2D eigenvalue weighted by Gasteiger charge is 2.26. The Morgan fingerprint density at radius 3 is 2.60 bits per heavy atom. The lowest BCUT2D eigenvalue weighted by molar-refractivity contribution is -0.133. The van der Waals surface area contributed by atoms with Crippen LogP contribution in [0.25, 0.3) is 11.0 Å². The molecule has 2 amide bonds. The van der Waals surface area contributed by atoms with Gasteiger partial charge in [-0.2, -0.15) is 0 Å². The topological polar surface area (TPSA) is 112 Å². The van der Waals surface area contributed by atoms with Crippen molar-refractivity contribution in [3.8, 4) is 0 Å². The molecule has 1 heterocycles. The molecule has 1 aromatic carbocycles. The van der Waals surface area contributed by atoms with Crippen molar-refractivity contribution in [2.75, 3.05) is 0 Å². The molecule has 4 N–H and O–H groups in total. The zero-order chi connectivity index (χ0) is 14.7. The van der Waals surface area contributed by atoms with Crippen LogP contribution in [0.5, 0.6) is 0 Å². The molecule has 0 aliphatic carbocycles. The summed E-state index contributed by atoms with van der Waals surface area (Å²) in [5.41, 5.74) is 1.93. The van der Waals surface area contributed by atoms with Crippen molar-refractivity contribution < 1.29 is 24.3 Å². The van der Waals surface area contributed by atoms with E-state index in [9.17, 15) is 14.7 Å². The van der Waals surface area contributed by atoms with E-state index < -0.39 is 24.0 Å². The largest absolute Gasteiger partial charge is 0.451 e. The van der Waals surface area contributed by atoms with Crippen LogP contribution in [-0.2, 0) is 4.79 Å². The van der Waals surface area contributed by atoms with Gasteiger partial charge >= 0.3 is 0 Å². The summed E-state index contributed by atoms with van der Waals surface area (Å²) in [5, 5.41) is 21.0. The molecule has 0 saturated carbocycles. The van der Waals surface area contributed by atoms with Gasteiger partial charge in [0.1, 0.15) is 11.6 Å². The molecule has 0 saturated heterocycles. The van der Waals surface area contributed by atoms with E-state index in [1.807, 2.05) is 0 Å². The molecular formula is C13H14N2O5. The van der Waals surface area contributed by atoms with Crippen molar-refractivity contribution >= 4 is 22.8 Å². The molecule has 1 aromatic heterocycles. The predicted molar refractivity (Wildman–Crippen MR) is 69.1 cm³/mol. The summed E-state index contributed by atoms with van der Waals surface area (Å²) in [6.07, 6.45) is -1.17. The lowest BCUT2D eigenvalue weighted by Gasteiger charge is -2.18. The Bertz CT molecular complexity index is 601. The molecule has 7 nitrogen and oxygen atoms in total. The number of amides is 2. The fourth-order valence-corrected chi connectivity index (χ4v) is 1.78. The number of nitrogens with one attached hydrogen (secondary N) is 2. The van der Waals surface area contributed by atoms with E-state index in [1.165, 1.54) is 18.5 Å². The fourth-order valence-electron chi connectivity index (χ4n) is 1.78. The summed E-state index contributed by atoms with van der Waals surface area (Å²) in [5.74, 6) is -1.55. The predicted octanol–water partition coefficient (Wildman–Crippen LogP) is 0.417. The minimum absolute atomic E-state index is 0.0163. The van der Waals surface area contributed by atoms with Crippen LogP contribution in [0.4, 0.5) is 0 Å². The number of hydrogen-bond acceptors (Lipinski definition) is 5. The SMILES string of the molecule is CC(O)C(NC(=O)c1cc2ccccc2o1)C(=O)NO. The molecule has 20 heavy (non-hydrogen) atoms. The average molecular weight is 278 g/mol. The first-order valence-corrected chi connectivity index (χ1v) is 5.94. The van der Waals surface area contributed by atoms with E-state index in [-0.39, 0.29) is 5.76 Å². The Labute approximate surface area is 114 Å². The molecule has 0 aliphatic heterocycles. The highest BCUT2D eigenvalue weighted by molar-refractivity contribution is 5.98. The first-order valence-electron chi connectivity index (χ1n) is 5.94. The molecule has 0 fully saturated rings. The van der Waals surface area contributed by atoms with Gasteiger partial charge in [-0.1, -0.05) is 18.2 Å². The smallest absolute Gasteiger partial charge is 0.287 e. The average Bonchev–Trinajstić information content (AvgIpc) is 2.87. The summed E-state index contributed by atoms with van der Waals surface area (Å²) in [6.45, 7) is 1.32. The summed E-state index contributed by atoms with van der Waals surface area (Å²) in [6, 6.07) is 7.31.